The summed E-state index contributed by atoms with van der Waals surface area (Å²) in [6.07, 6.45) is 4.98. The molecule has 0 radical (unpaired) electrons. The summed E-state index contributed by atoms with van der Waals surface area (Å²) in [5, 5.41) is 0. The Morgan fingerprint density at radius 1 is 1.43 bits per heavy atom. The van der Waals surface area contributed by atoms with Crippen LogP contribution in [0.3, 0.4) is 0 Å². The van der Waals surface area contributed by atoms with Crippen LogP contribution in [0.5, 0.6) is 5.88 Å². The maximum atomic E-state index is 11.0. The summed E-state index contributed by atoms with van der Waals surface area (Å²) >= 11 is 0. The number of hydrogen-bond acceptors (Lipinski definition) is 4. The molecule has 1 aromatic rings. The molecule has 21 heavy (non-hydrogen) atoms. The fraction of sp³-hybridized carbons (Fsp3) is 0.625. The number of rotatable bonds is 6. The molecule has 2 N–H and O–H groups in total. The van der Waals surface area contributed by atoms with Crippen LogP contribution in [0.15, 0.2) is 18.3 Å². The van der Waals surface area contributed by atoms with Gasteiger partial charge in [-0.05, 0) is 37.8 Å². The molecular formula is C16H25N3O2. The Bertz CT molecular complexity index is 451. The van der Waals surface area contributed by atoms with Crippen LogP contribution in [-0.2, 0) is 0 Å². The van der Waals surface area contributed by atoms with Crippen LogP contribution >= 0.6 is 0 Å². The number of primary amides is 1. The summed E-state index contributed by atoms with van der Waals surface area (Å²) < 4.78 is 5.87. The van der Waals surface area contributed by atoms with Crippen molar-refractivity contribution in [2.75, 3.05) is 19.6 Å². The maximum Gasteiger partial charge on any atom is 0.250 e. The van der Waals surface area contributed by atoms with E-state index in [2.05, 4.69) is 23.7 Å². The molecule has 0 saturated carbocycles. The van der Waals surface area contributed by atoms with Crippen LogP contribution in [0.25, 0.3) is 0 Å². The highest BCUT2D eigenvalue weighted by Gasteiger charge is 2.20. The van der Waals surface area contributed by atoms with Gasteiger partial charge in [0.2, 0.25) is 11.8 Å². The van der Waals surface area contributed by atoms with Crippen LogP contribution < -0.4 is 10.5 Å². The number of nitrogens with two attached hydrogens (primary N) is 1. The molecule has 1 aliphatic rings. The zero-order valence-corrected chi connectivity index (χ0v) is 12.9. The van der Waals surface area contributed by atoms with Gasteiger partial charge in [0.1, 0.15) is 6.10 Å². The summed E-state index contributed by atoms with van der Waals surface area (Å²) in [6.45, 7) is 7.86. The van der Waals surface area contributed by atoms with E-state index >= 15 is 0 Å². The fourth-order valence-corrected chi connectivity index (χ4v) is 2.46. The minimum Gasteiger partial charge on any atom is -0.474 e. The Kier molecular flexibility index (Phi) is 5.56. The van der Waals surface area contributed by atoms with Crippen molar-refractivity contribution >= 4 is 5.91 Å². The number of ether oxygens (including phenoxy) is 1. The number of piperidine rings is 1. The molecule has 0 bridgehead atoms. The van der Waals surface area contributed by atoms with E-state index in [-0.39, 0.29) is 6.10 Å². The van der Waals surface area contributed by atoms with E-state index in [9.17, 15) is 4.79 Å². The van der Waals surface area contributed by atoms with Crippen molar-refractivity contribution in [2.24, 2.45) is 11.7 Å². The number of carbonyl (C=O) groups is 1. The molecule has 0 unspecified atom stereocenters. The molecular weight excluding hydrogens is 266 g/mol. The third-order valence-corrected chi connectivity index (χ3v) is 3.87. The van der Waals surface area contributed by atoms with Crippen LogP contribution in [0.4, 0.5) is 0 Å². The molecule has 1 amide bonds. The quantitative estimate of drug-likeness (QED) is 0.871. The van der Waals surface area contributed by atoms with Gasteiger partial charge >= 0.3 is 0 Å². The number of carbonyl (C=O) groups excluding carboxylic acids is 1. The largest absolute Gasteiger partial charge is 0.474 e. The van der Waals surface area contributed by atoms with Crippen molar-refractivity contribution in [3.8, 4) is 5.88 Å². The maximum absolute atomic E-state index is 11.0. The van der Waals surface area contributed by atoms with E-state index in [0.717, 1.165) is 31.8 Å². The van der Waals surface area contributed by atoms with Crippen molar-refractivity contribution < 1.29 is 9.53 Å². The molecule has 1 saturated heterocycles. The van der Waals surface area contributed by atoms with Gasteiger partial charge in [-0.25, -0.2) is 4.98 Å². The van der Waals surface area contributed by atoms with E-state index in [1.807, 2.05) is 0 Å². The highest BCUT2D eigenvalue weighted by Crippen LogP contribution is 2.18. The predicted octanol–water partition coefficient (Wildman–Crippen LogP) is 2.07. The molecule has 2 rings (SSSR count). The zero-order valence-electron chi connectivity index (χ0n) is 12.9. The monoisotopic (exact) mass is 291 g/mol. The molecule has 0 aromatic carbocycles. The molecule has 1 aliphatic heterocycles. The van der Waals surface area contributed by atoms with E-state index < -0.39 is 5.91 Å². The molecule has 5 heteroatoms. The minimum atomic E-state index is -0.465. The Morgan fingerprint density at radius 3 is 2.67 bits per heavy atom. The lowest BCUT2D eigenvalue weighted by Gasteiger charge is -2.32. The van der Waals surface area contributed by atoms with Crippen molar-refractivity contribution in [3.05, 3.63) is 23.9 Å². The third kappa shape index (κ3) is 5.01. The molecule has 0 aliphatic carbocycles. The van der Waals surface area contributed by atoms with Crippen LogP contribution in [0, 0.1) is 5.92 Å². The van der Waals surface area contributed by atoms with Crippen LogP contribution in [0.1, 0.15) is 43.5 Å². The topological polar surface area (TPSA) is 68.5 Å². The van der Waals surface area contributed by atoms with Crippen LogP contribution in [0.2, 0.25) is 0 Å². The molecule has 2 heterocycles. The molecule has 1 aromatic heterocycles. The normalized spacial score (nSPS) is 17.1. The van der Waals surface area contributed by atoms with Gasteiger partial charge in [-0.3, -0.25) is 4.79 Å². The van der Waals surface area contributed by atoms with E-state index in [1.54, 1.807) is 12.1 Å². The molecule has 0 atom stereocenters. The number of aromatic nitrogens is 1. The molecule has 0 spiro atoms. The first-order chi connectivity index (χ1) is 10.0. The Hall–Kier alpha value is -1.62. The van der Waals surface area contributed by atoms with E-state index in [0.29, 0.717) is 11.4 Å². The third-order valence-electron chi connectivity index (χ3n) is 3.87. The van der Waals surface area contributed by atoms with Crippen molar-refractivity contribution in [3.63, 3.8) is 0 Å². The number of likely N-dealkylation sites (tertiary alicyclic amines) is 1. The Balaban J connectivity index is 1.76. The molecule has 5 nitrogen and oxygen atoms in total. The standard InChI is InChI=1S/C16H25N3O2/c1-12(2)5-8-19-9-6-14(7-10-19)21-15-4-3-13(11-18-15)16(17)20/h3-4,11-12,14H,5-10H2,1-2H3,(H2,17,20). The van der Waals surface area contributed by atoms with Gasteiger partial charge in [0.05, 0.1) is 5.56 Å². The fourth-order valence-electron chi connectivity index (χ4n) is 2.46. The number of pyridine rings is 1. The lowest BCUT2D eigenvalue weighted by molar-refractivity contribution is 0.0942. The second kappa shape index (κ2) is 7.41. The predicted molar refractivity (Wildman–Crippen MR) is 82.3 cm³/mol. The second-order valence-corrected chi connectivity index (χ2v) is 6.09. The first-order valence-corrected chi connectivity index (χ1v) is 7.69. The van der Waals surface area contributed by atoms with Gasteiger partial charge < -0.3 is 15.4 Å². The summed E-state index contributed by atoms with van der Waals surface area (Å²) in [5.74, 6) is 0.861. The van der Waals surface area contributed by atoms with Gasteiger partial charge in [0.15, 0.2) is 0 Å². The minimum absolute atomic E-state index is 0.215. The van der Waals surface area contributed by atoms with Gasteiger partial charge in [0.25, 0.3) is 0 Å². The summed E-state index contributed by atoms with van der Waals surface area (Å²) in [4.78, 5) is 17.6. The lowest BCUT2D eigenvalue weighted by Crippen LogP contribution is -2.39. The number of hydrogen-bond donors (Lipinski definition) is 1. The van der Waals surface area contributed by atoms with Gasteiger partial charge in [0, 0.05) is 25.4 Å². The van der Waals surface area contributed by atoms with E-state index in [1.165, 1.54) is 19.2 Å². The first kappa shape index (κ1) is 15.8. The van der Waals surface area contributed by atoms with Crippen LogP contribution in [-0.4, -0.2) is 41.5 Å². The van der Waals surface area contributed by atoms with Gasteiger partial charge in [-0.1, -0.05) is 13.8 Å². The summed E-state index contributed by atoms with van der Waals surface area (Å²) in [7, 11) is 0. The van der Waals surface area contributed by atoms with Crippen molar-refractivity contribution in [1.82, 2.24) is 9.88 Å². The van der Waals surface area contributed by atoms with E-state index in [4.69, 9.17) is 10.5 Å². The number of amides is 1. The zero-order chi connectivity index (χ0) is 15.2. The first-order valence-electron chi connectivity index (χ1n) is 7.69. The average Bonchev–Trinajstić information content (AvgIpc) is 2.47. The van der Waals surface area contributed by atoms with Gasteiger partial charge in [-0.2, -0.15) is 0 Å². The highest BCUT2D eigenvalue weighted by atomic mass is 16.5. The van der Waals surface area contributed by atoms with Crippen molar-refractivity contribution in [1.29, 1.82) is 0 Å². The smallest absolute Gasteiger partial charge is 0.250 e. The van der Waals surface area contributed by atoms with Crippen molar-refractivity contribution in [2.45, 2.75) is 39.2 Å². The average molecular weight is 291 g/mol. The summed E-state index contributed by atoms with van der Waals surface area (Å²) in [6, 6.07) is 3.37. The molecule has 1 fully saturated rings. The Labute approximate surface area is 126 Å². The second-order valence-electron chi connectivity index (χ2n) is 6.09. The highest BCUT2D eigenvalue weighted by molar-refractivity contribution is 5.92. The number of nitrogens with zero attached hydrogens (tertiary/aromatic N) is 2. The SMILES string of the molecule is CC(C)CCN1CCC(Oc2ccc(C(N)=O)cn2)CC1. The Morgan fingerprint density at radius 2 is 2.14 bits per heavy atom. The molecule has 116 valence electrons. The summed E-state index contributed by atoms with van der Waals surface area (Å²) in [5.41, 5.74) is 5.60. The lowest BCUT2D eigenvalue weighted by atomic mass is 10.1. The van der Waals surface area contributed by atoms with Gasteiger partial charge in [-0.15, -0.1) is 0 Å².